The molecule has 112 valence electrons. The number of benzene rings is 4. The van der Waals surface area contributed by atoms with Gasteiger partial charge in [-0.05, 0) is 27.1 Å². The van der Waals surface area contributed by atoms with Crippen LogP contribution in [0.15, 0.2) is 76.5 Å². The van der Waals surface area contributed by atoms with Crippen LogP contribution >= 0.6 is 25.3 Å². The van der Waals surface area contributed by atoms with Crippen molar-refractivity contribution in [2.24, 2.45) is 0 Å². The Morgan fingerprint density at radius 3 is 2.00 bits per heavy atom. The van der Waals surface area contributed by atoms with Crippen molar-refractivity contribution in [1.29, 1.82) is 0 Å². The summed E-state index contributed by atoms with van der Waals surface area (Å²) in [5, 5.41) is 15.0. The number of hydrogen-bond donors (Lipinski definition) is 3. The maximum absolute atomic E-state index is 10.8. The number of phenols is 1. The highest BCUT2D eigenvalue weighted by Crippen LogP contribution is 2.46. The van der Waals surface area contributed by atoms with Crippen molar-refractivity contribution in [3.8, 4) is 16.9 Å². The standard InChI is InChI=1S/C20H14OS2/c21-18-17(14-11-5-7-12-6-1-2-8-13(12)14)15-9-3-4-10-16(15)19(22)20(18)23/h1-11,21-23H. The van der Waals surface area contributed by atoms with E-state index in [2.05, 4.69) is 43.5 Å². The molecule has 4 aromatic carbocycles. The van der Waals surface area contributed by atoms with Gasteiger partial charge in [-0.25, -0.2) is 0 Å². The number of rotatable bonds is 1. The number of aromatic hydroxyl groups is 1. The number of thiol groups is 2. The third-order valence-corrected chi connectivity index (χ3v) is 5.27. The van der Waals surface area contributed by atoms with Gasteiger partial charge in [-0.2, -0.15) is 0 Å². The van der Waals surface area contributed by atoms with E-state index in [0.717, 1.165) is 32.7 Å². The summed E-state index contributed by atoms with van der Waals surface area (Å²) >= 11 is 9.01. The summed E-state index contributed by atoms with van der Waals surface area (Å²) in [6, 6.07) is 22.3. The summed E-state index contributed by atoms with van der Waals surface area (Å²) in [5.74, 6) is 0.174. The van der Waals surface area contributed by atoms with E-state index in [1.807, 2.05) is 48.5 Å². The van der Waals surface area contributed by atoms with Gasteiger partial charge in [0.2, 0.25) is 0 Å². The van der Waals surface area contributed by atoms with Gasteiger partial charge in [-0.3, -0.25) is 0 Å². The molecule has 0 fully saturated rings. The lowest BCUT2D eigenvalue weighted by molar-refractivity contribution is 0.463. The second kappa shape index (κ2) is 5.52. The Balaban J connectivity index is 2.21. The minimum atomic E-state index is 0.174. The molecule has 1 nitrogen and oxygen atoms in total. The van der Waals surface area contributed by atoms with Crippen LogP contribution in [0.25, 0.3) is 32.7 Å². The van der Waals surface area contributed by atoms with Crippen LogP contribution in [0.2, 0.25) is 0 Å². The molecule has 0 atom stereocenters. The van der Waals surface area contributed by atoms with Crippen LogP contribution in [0.4, 0.5) is 0 Å². The van der Waals surface area contributed by atoms with Crippen LogP contribution in [0, 0.1) is 0 Å². The molecular formula is C20H14OS2. The van der Waals surface area contributed by atoms with Crippen LogP contribution in [0.5, 0.6) is 5.75 Å². The molecule has 0 spiro atoms. The van der Waals surface area contributed by atoms with Gasteiger partial charge in [0, 0.05) is 10.5 Å². The number of phenolic OH excluding ortho intramolecular Hbond substituents is 1. The summed E-state index contributed by atoms with van der Waals surface area (Å²) in [5.41, 5.74) is 1.81. The highest BCUT2D eigenvalue weighted by atomic mass is 32.1. The zero-order chi connectivity index (χ0) is 16.0. The maximum atomic E-state index is 10.8. The molecule has 0 amide bonds. The van der Waals surface area contributed by atoms with Gasteiger partial charge in [0.05, 0.1) is 4.90 Å². The Hall–Kier alpha value is -2.10. The predicted octanol–water partition coefficient (Wildman–Crippen LogP) is 5.94. The van der Waals surface area contributed by atoms with E-state index < -0.39 is 0 Å². The predicted molar refractivity (Wildman–Crippen MR) is 103 cm³/mol. The Bertz CT molecular complexity index is 1050. The molecule has 0 aliphatic carbocycles. The molecule has 0 unspecified atom stereocenters. The SMILES string of the molecule is Oc1c(S)c(S)c2ccccc2c1-c1cccc2ccccc12. The van der Waals surface area contributed by atoms with Crippen molar-refractivity contribution in [2.45, 2.75) is 9.79 Å². The zero-order valence-corrected chi connectivity index (χ0v) is 14.0. The third-order valence-electron chi connectivity index (χ3n) is 4.20. The van der Waals surface area contributed by atoms with Crippen molar-refractivity contribution in [3.63, 3.8) is 0 Å². The molecule has 4 aromatic rings. The minimum Gasteiger partial charge on any atom is -0.506 e. The van der Waals surface area contributed by atoms with Gasteiger partial charge in [0.15, 0.2) is 0 Å². The number of hydrogen-bond acceptors (Lipinski definition) is 3. The Morgan fingerprint density at radius 2 is 1.22 bits per heavy atom. The van der Waals surface area contributed by atoms with E-state index in [9.17, 15) is 5.11 Å². The lowest BCUT2D eigenvalue weighted by atomic mass is 9.93. The largest absolute Gasteiger partial charge is 0.506 e. The summed E-state index contributed by atoms with van der Waals surface area (Å²) in [7, 11) is 0. The minimum absolute atomic E-state index is 0.174. The first-order chi connectivity index (χ1) is 11.2. The molecule has 0 heterocycles. The fourth-order valence-electron chi connectivity index (χ4n) is 3.11. The summed E-state index contributed by atoms with van der Waals surface area (Å²) in [6.45, 7) is 0. The van der Waals surface area contributed by atoms with E-state index in [1.165, 1.54) is 0 Å². The Kier molecular flexibility index (Phi) is 3.47. The molecule has 0 radical (unpaired) electrons. The fourth-order valence-corrected chi connectivity index (χ4v) is 3.64. The molecule has 23 heavy (non-hydrogen) atoms. The van der Waals surface area contributed by atoms with Crippen molar-refractivity contribution >= 4 is 46.8 Å². The summed E-state index contributed by atoms with van der Waals surface area (Å²) < 4.78 is 0. The molecule has 0 bridgehead atoms. The van der Waals surface area contributed by atoms with E-state index in [0.29, 0.717) is 9.79 Å². The van der Waals surface area contributed by atoms with Gasteiger partial charge in [-0.1, -0.05) is 66.7 Å². The van der Waals surface area contributed by atoms with Crippen molar-refractivity contribution in [2.75, 3.05) is 0 Å². The molecule has 1 N–H and O–H groups in total. The normalized spacial score (nSPS) is 11.2. The average Bonchev–Trinajstić information content (AvgIpc) is 2.60. The van der Waals surface area contributed by atoms with E-state index in [4.69, 9.17) is 0 Å². The third kappa shape index (κ3) is 2.19. The topological polar surface area (TPSA) is 20.2 Å². The lowest BCUT2D eigenvalue weighted by Gasteiger charge is -2.16. The first-order valence-electron chi connectivity index (χ1n) is 7.32. The Labute approximate surface area is 145 Å². The highest BCUT2D eigenvalue weighted by molar-refractivity contribution is 7.83. The lowest BCUT2D eigenvalue weighted by Crippen LogP contribution is -1.88. The quantitative estimate of drug-likeness (QED) is 0.368. The van der Waals surface area contributed by atoms with Crippen LogP contribution in [0.1, 0.15) is 0 Å². The van der Waals surface area contributed by atoms with Crippen LogP contribution in [-0.4, -0.2) is 5.11 Å². The van der Waals surface area contributed by atoms with Gasteiger partial charge in [0.1, 0.15) is 5.75 Å². The van der Waals surface area contributed by atoms with Crippen LogP contribution in [-0.2, 0) is 0 Å². The second-order valence-electron chi connectivity index (χ2n) is 5.49. The van der Waals surface area contributed by atoms with Crippen LogP contribution < -0.4 is 0 Å². The monoisotopic (exact) mass is 334 g/mol. The molecular weight excluding hydrogens is 320 g/mol. The van der Waals surface area contributed by atoms with Gasteiger partial charge < -0.3 is 5.11 Å². The Morgan fingerprint density at radius 1 is 0.609 bits per heavy atom. The molecule has 0 saturated carbocycles. The second-order valence-corrected chi connectivity index (χ2v) is 6.39. The number of fused-ring (bicyclic) bond motifs is 2. The molecule has 3 heteroatoms. The van der Waals surface area contributed by atoms with Gasteiger partial charge >= 0.3 is 0 Å². The van der Waals surface area contributed by atoms with E-state index in [1.54, 1.807) is 0 Å². The van der Waals surface area contributed by atoms with Crippen molar-refractivity contribution in [3.05, 3.63) is 66.7 Å². The van der Waals surface area contributed by atoms with E-state index in [-0.39, 0.29) is 5.75 Å². The van der Waals surface area contributed by atoms with Crippen molar-refractivity contribution < 1.29 is 5.11 Å². The molecule has 0 aliphatic rings. The molecule has 0 aromatic heterocycles. The molecule has 4 rings (SSSR count). The maximum Gasteiger partial charge on any atom is 0.138 e. The van der Waals surface area contributed by atoms with Gasteiger partial charge in [-0.15, -0.1) is 25.3 Å². The van der Waals surface area contributed by atoms with Crippen LogP contribution in [0.3, 0.4) is 0 Å². The first-order valence-corrected chi connectivity index (χ1v) is 8.21. The van der Waals surface area contributed by atoms with Crippen molar-refractivity contribution in [1.82, 2.24) is 0 Å². The summed E-state index contributed by atoms with van der Waals surface area (Å²) in [6.07, 6.45) is 0. The van der Waals surface area contributed by atoms with E-state index >= 15 is 0 Å². The van der Waals surface area contributed by atoms with Gasteiger partial charge in [0.25, 0.3) is 0 Å². The average molecular weight is 334 g/mol. The summed E-state index contributed by atoms with van der Waals surface area (Å²) in [4.78, 5) is 1.21. The fraction of sp³-hybridized carbons (Fsp3) is 0. The molecule has 0 aliphatic heterocycles. The smallest absolute Gasteiger partial charge is 0.138 e. The molecule has 0 saturated heterocycles. The zero-order valence-electron chi connectivity index (χ0n) is 12.2. The first kappa shape index (κ1) is 14.5. The highest BCUT2D eigenvalue weighted by Gasteiger charge is 2.17.